The molecule has 1 fully saturated rings. The number of fused-ring (bicyclic) bond motifs is 1. The van der Waals surface area contributed by atoms with Gasteiger partial charge in [-0.1, -0.05) is 18.9 Å². The van der Waals surface area contributed by atoms with E-state index in [0.29, 0.717) is 36.0 Å². The standard InChI is InChI=1S/C25H24BrF2N3O2/c26-20-15-17(3-6-21(20)28)4-8-23(32)30-25(10-1-2-11-25)24(33)29-12-14-31-13-9-18-16-19(27)5-7-22(18)31/h3-9,13,15-16H,1-2,10-12,14H2,(H,29,33)(H,30,32)/b8-4+. The SMILES string of the molecule is O=C(/C=C/c1ccc(F)c(Br)c1)NC1(C(=O)NCCn2ccc3cc(F)ccc32)CCCC1. The zero-order chi connectivity index (χ0) is 23.4. The van der Waals surface area contributed by atoms with Crippen molar-refractivity contribution < 1.29 is 18.4 Å². The fourth-order valence-electron chi connectivity index (χ4n) is 4.28. The van der Waals surface area contributed by atoms with Gasteiger partial charge in [-0.15, -0.1) is 0 Å². The van der Waals surface area contributed by atoms with Crippen molar-refractivity contribution in [1.29, 1.82) is 0 Å². The van der Waals surface area contributed by atoms with Gasteiger partial charge >= 0.3 is 0 Å². The summed E-state index contributed by atoms with van der Waals surface area (Å²) in [6, 6.07) is 10.9. The molecule has 0 bridgehead atoms. The number of nitrogens with zero attached hydrogens (tertiary/aromatic N) is 1. The van der Waals surface area contributed by atoms with Crippen LogP contribution in [-0.4, -0.2) is 28.5 Å². The fourth-order valence-corrected chi connectivity index (χ4v) is 4.67. The topological polar surface area (TPSA) is 63.1 Å². The van der Waals surface area contributed by atoms with Crippen LogP contribution in [0.25, 0.3) is 17.0 Å². The molecule has 2 N–H and O–H groups in total. The summed E-state index contributed by atoms with van der Waals surface area (Å²) in [5, 5.41) is 6.65. The van der Waals surface area contributed by atoms with E-state index in [9.17, 15) is 18.4 Å². The van der Waals surface area contributed by atoms with Gasteiger partial charge < -0.3 is 15.2 Å². The molecule has 1 aromatic heterocycles. The van der Waals surface area contributed by atoms with Gasteiger partial charge in [-0.3, -0.25) is 9.59 Å². The van der Waals surface area contributed by atoms with Crippen molar-refractivity contribution in [3.8, 4) is 0 Å². The summed E-state index contributed by atoms with van der Waals surface area (Å²) in [5.41, 5.74) is 0.626. The van der Waals surface area contributed by atoms with Crippen LogP contribution in [-0.2, 0) is 16.1 Å². The number of aromatic nitrogens is 1. The molecule has 0 radical (unpaired) electrons. The van der Waals surface area contributed by atoms with E-state index in [1.54, 1.807) is 24.3 Å². The molecule has 0 aliphatic heterocycles. The molecule has 1 saturated carbocycles. The van der Waals surface area contributed by atoms with Crippen LogP contribution >= 0.6 is 15.9 Å². The Labute approximate surface area is 199 Å². The van der Waals surface area contributed by atoms with E-state index < -0.39 is 5.54 Å². The number of amides is 2. The van der Waals surface area contributed by atoms with E-state index >= 15 is 0 Å². The van der Waals surface area contributed by atoms with Crippen LogP contribution in [0.2, 0.25) is 0 Å². The van der Waals surface area contributed by atoms with Crippen LogP contribution in [0.4, 0.5) is 8.78 Å². The Kier molecular flexibility index (Phi) is 6.93. The highest BCUT2D eigenvalue weighted by Crippen LogP contribution is 2.30. The number of nitrogens with one attached hydrogen (secondary N) is 2. The monoisotopic (exact) mass is 515 g/mol. The van der Waals surface area contributed by atoms with Crippen molar-refractivity contribution in [1.82, 2.24) is 15.2 Å². The molecule has 2 amide bonds. The highest BCUT2D eigenvalue weighted by molar-refractivity contribution is 9.10. The second-order valence-electron chi connectivity index (χ2n) is 8.25. The Morgan fingerprint density at radius 1 is 1.09 bits per heavy atom. The van der Waals surface area contributed by atoms with E-state index in [-0.39, 0.29) is 23.4 Å². The number of halogens is 3. The maximum Gasteiger partial charge on any atom is 0.245 e. The molecule has 2 aromatic carbocycles. The quantitative estimate of drug-likeness (QED) is 0.437. The second-order valence-corrected chi connectivity index (χ2v) is 9.11. The van der Waals surface area contributed by atoms with Gasteiger partial charge in [0.05, 0.1) is 4.47 Å². The average Bonchev–Trinajstić information content (AvgIpc) is 3.42. The summed E-state index contributed by atoms with van der Waals surface area (Å²) < 4.78 is 29.0. The van der Waals surface area contributed by atoms with Crippen LogP contribution in [0.1, 0.15) is 31.2 Å². The zero-order valence-electron chi connectivity index (χ0n) is 17.9. The minimum Gasteiger partial charge on any atom is -0.352 e. The molecule has 5 nitrogen and oxygen atoms in total. The molecule has 0 saturated heterocycles. The van der Waals surface area contributed by atoms with Gasteiger partial charge in [0.1, 0.15) is 17.2 Å². The number of carbonyl (C=O) groups is 2. The number of carbonyl (C=O) groups excluding carboxylic acids is 2. The van der Waals surface area contributed by atoms with Crippen LogP contribution in [0.3, 0.4) is 0 Å². The first-order valence-electron chi connectivity index (χ1n) is 10.8. The Morgan fingerprint density at radius 2 is 1.88 bits per heavy atom. The summed E-state index contributed by atoms with van der Waals surface area (Å²) in [7, 11) is 0. The minimum absolute atomic E-state index is 0.200. The molecular formula is C25H24BrF2N3O2. The molecule has 1 aliphatic rings. The van der Waals surface area contributed by atoms with E-state index in [0.717, 1.165) is 23.7 Å². The van der Waals surface area contributed by atoms with Crippen molar-refractivity contribution in [2.24, 2.45) is 0 Å². The maximum atomic E-state index is 13.4. The predicted octanol–water partition coefficient (Wildman–Crippen LogP) is 4.94. The molecular weight excluding hydrogens is 492 g/mol. The molecule has 172 valence electrons. The summed E-state index contributed by atoms with van der Waals surface area (Å²) in [6.07, 6.45) is 7.67. The normalized spacial score (nSPS) is 15.2. The van der Waals surface area contributed by atoms with Gasteiger partial charge in [0.15, 0.2) is 0 Å². The van der Waals surface area contributed by atoms with Crippen molar-refractivity contribution in [2.45, 2.75) is 37.8 Å². The Hall–Kier alpha value is -3.00. The molecule has 1 aliphatic carbocycles. The third-order valence-corrected chi connectivity index (χ3v) is 6.60. The van der Waals surface area contributed by atoms with Crippen LogP contribution < -0.4 is 10.6 Å². The van der Waals surface area contributed by atoms with E-state index in [2.05, 4.69) is 26.6 Å². The smallest absolute Gasteiger partial charge is 0.245 e. The molecule has 8 heteroatoms. The lowest BCUT2D eigenvalue weighted by Crippen LogP contribution is -2.57. The summed E-state index contributed by atoms with van der Waals surface area (Å²) >= 11 is 3.13. The molecule has 4 rings (SSSR count). The second kappa shape index (κ2) is 9.87. The number of hydrogen-bond donors (Lipinski definition) is 2. The molecule has 0 spiro atoms. The van der Waals surface area contributed by atoms with Crippen molar-refractivity contribution >= 4 is 44.7 Å². The predicted molar refractivity (Wildman–Crippen MR) is 127 cm³/mol. The van der Waals surface area contributed by atoms with Crippen LogP contribution in [0.15, 0.2) is 59.2 Å². The van der Waals surface area contributed by atoms with Gasteiger partial charge in [-0.05, 0) is 76.8 Å². The van der Waals surface area contributed by atoms with E-state index in [4.69, 9.17) is 0 Å². The Morgan fingerprint density at radius 3 is 2.64 bits per heavy atom. The number of hydrogen-bond acceptors (Lipinski definition) is 2. The average molecular weight is 516 g/mol. The first-order valence-corrected chi connectivity index (χ1v) is 11.6. The molecule has 33 heavy (non-hydrogen) atoms. The van der Waals surface area contributed by atoms with Crippen LogP contribution in [0, 0.1) is 11.6 Å². The maximum absolute atomic E-state index is 13.4. The van der Waals surface area contributed by atoms with Crippen LogP contribution in [0.5, 0.6) is 0 Å². The highest BCUT2D eigenvalue weighted by Gasteiger charge is 2.41. The van der Waals surface area contributed by atoms with E-state index in [1.165, 1.54) is 24.3 Å². The number of benzene rings is 2. The lowest BCUT2D eigenvalue weighted by Gasteiger charge is -2.28. The van der Waals surface area contributed by atoms with Crippen molar-refractivity contribution in [2.75, 3.05) is 6.54 Å². The van der Waals surface area contributed by atoms with Gasteiger partial charge in [0.2, 0.25) is 11.8 Å². The minimum atomic E-state index is -0.938. The largest absolute Gasteiger partial charge is 0.352 e. The molecule has 0 unspecified atom stereocenters. The first-order chi connectivity index (χ1) is 15.9. The summed E-state index contributed by atoms with van der Waals surface area (Å²) in [4.78, 5) is 25.6. The van der Waals surface area contributed by atoms with E-state index in [1.807, 2.05) is 16.8 Å². The van der Waals surface area contributed by atoms with Gasteiger partial charge in [0, 0.05) is 36.3 Å². The van der Waals surface area contributed by atoms with Gasteiger partial charge in [-0.2, -0.15) is 0 Å². The Bertz CT molecular complexity index is 1220. The summed E-state index contributed by atoms with van der Waals surface area (Å²) in [5.74, 6) is -1.23. The first kappa shape index (κ1) is 23.2. The van der Waals surface area contributed by atoms with Gasteiger partial charge in [0.25, 0.3) is 0 Å². The molecule has 3 aromatic rings. The number of rotatable bonds is 7. The Balaban J connectivity index is 1.37. The third-order valence-electron chi connectivity index (χ3n) is 6.00. The van der Waals surface area contributed by atoms with Crippen molar-refractivity contribution in [3.05, 3.63) is 76.4 Å². The fraction of sp³-hybridized carbons (Fsp3) is 0.280. The lowest BCUT2D eigenvalue weighted by molar-refractivity contribution is -0.131. The van der Waals surface area contributed by atoms with Crippen molar-refractivity contribution in [3.63, 3.8) is 0 Å². The highest BCUT2D eigenvalue weighted by atomic mass is 79.9. The zero-order valence-corrected chi connectivity index (χ0v) is 19.5. The summed E-state index contributed by atoms with van der Waals surface area (Å²) in [6.45, 7) is 0.918. The molecule has 1 heterocycles. The lowest BCUT2D eigenvalue weighted by atomic mass is 9.96. The molecule has 0 atom stereocenters. The van der Waals surface area contributed by atoms with Gasteiger partial charge in [-0.25, -0.2) is 8.78 Å². The third kappa shape index (κ3) is 5.33.